The lowest BCUT2D eigenvalue weighted by Gasteiger charge is -2.49. The molecule has 1 aromatic carbocycles. The van der Waals surface area contributed by atoms with Gasteiger partial charge in [0.05, 0.1) is 12.6 Å². The van der Waals surface area contributed by atoms with Crippen molar-refractivity contribution in [1.29, 1.82) is 0 Å². The van der Waals surface area contributed by atoms with Crippen LogP contribution in [-0.2, 0) is 15.0 Å². The van der Waals surface area contributed by atoms with Crippen LogP contribution in [0.3, 0.4) is 0 Å². The van der Waals surface area contributed by atoms with Crippen molar-refractivity contribution in [3.8, 4) is 0 Å². The molecule has 4 aliphatic heterocycles. The van der Waals surface area contributed by atoms with Crippen molar-refractivity contribution in [2.45, 2.75) is 68.6 Å². The fraction of sp³-hybridized carbons (Fsp3) is 0.542. The van der Waals surface area contributed by atoms with Crippen LogP contribution in [0, 0.1) is 0 Å². The molecule has 0 aromatic heterocycles. The molecule has 198 valence electrons. The highest BCUT2D eigenvalue weighted by molar-refractivity contribution is 6.02. The van der Waals surface area contributed by atoms with Crippen LogP contribution < -0.4 is 22.1 Å². The van der Waals surface area contributed by atoms with Gasteiger partial charge in [0.1, 0.15) is 12.1 Å². The largest absolute Gasteiger partial charge is 0.370 e. The second kappa shape index (κ2) is 8.15. The summed E-state index contributed by atoms with van der Waals surface area (Å²) in [5.41, 5.74) is 11.6. The summed E-state index contributed by atoms with van der Waals surface area (Å²) in [7, 11) is 0. The Hall–Kier alpha value is -3.71. The van der Waals surface area contributed by atoms with Crippen LogP contribution in [0.2, 0.25) is 0 Å². The molecule has 0 saturated carbocycles. The van der Waals surface area contributed by atoms with Gasteiger partial charge in [0, 0.05) is 24.9 Å². The third kappa shape index (κ3) is 3.72. The third-order valence-corrected chi connectivity index (χ3v) is 7.62. The van der Waals surface area contributed by atoms with Gasteiger partial charge in [-0.2, -0.15) is 0 Å². The Morgan fingerprint density at radius 1 is 1.19 bits per heavy atom. The standard InChI is InChI=1S/C24H32N8O5/c1-22(2,3)13-6-4-5-12(9-13)19(35)28-15-11-32-21(26)27-14(10-31-16(33)7-8-17(31)34)18-23(32,24(15,36)37)30-20(25)29-18/h4-6,9,14-15,18,36-37H,7-8,10-11H2,1-3H3,(H2,26,27)(H,28,35)(H3,25,29,30). The van der Waals surface area contributed by atoms with E-state index in [1.54, 1.807) is 18.2 Å². The highest BCUT2D eigenvalue weighted by Crippen LogP contribution is 2.45. The van der Waals surface area contributed by atoms with Crippen LogP contribution in [-0.4, -0.2) is 92.3 Å². The first kappa shape index (κ1) is 25.0. The summed E-state index contributed by atoms with van der Waals surface area (Å²) in [6.07, 6.45) is 0.204. The van der Waals surface area contributed by atoms with Crippen molar-refractivity contribution in [1.82, 2.24) is 20.4 Å². The molecule has 2 saturated heterocycles. The van der Waals surface area contributed by atoms with Crippen molar-refractivity contribution in [3.63, 3.8) is 0 Å². The van der Waals surface area contributed by atoms with E-state index < -0.39 is 35.5 Å². The van der Waals surface area contributed by atoms with Gasteiger partial charge in [-0.15, -0.1) is 0 Å². The average Bonchev–Trinajstić information content (AvgIpc) is 3.41. The van der Waals surface area contributed by atoms with Gasteiger partial charge in [-0.3, -0.25) is 19.3 Å². The Morgan fingerprint density at radius 3 is 2.51 bits per heavy atom. The number of amides is 3. The molecule has 1 spiro atoms. The van der Waals surface area contributed by atoms with Gasteiger partial charge in [0.2, 0.25) is 17.6 Å². The fourth-order valence-electron chi connectivity index (χ4n) is 5.62. The van der Waals surface area contributed by atoms with Crippen molar-refractivity contribution < 1.29 is 24.6 Å². The lowest BCUT2D eigenvalue weighted by atomic mass is 9.84. The van der Waals surface area contributed by atoms with E-state index in [-0.39, 0.29) is 55.1 Å². The van der Waals surface area contributed by atoms with Crippen molar-refractivity contribution in [2.24, 2.45) is 21.5 Å². The van der Waals surface area contributed by atoms with E-state index in [4.69, 9.17) is 11.5 Å². The van der Waals surface area contributed by atoms with Gasteiger partial charge in [-0.25, -0.2) is 9.98 Å². The van der Waals surface area contributed by atoms with Gasteiger partial charge in [-0.1, -0.05) is 32.9 Å². The van der Waals surface area contributed by atoms with E-state index in [2.05, 4.69) is 20.6 Å². The maximum atomic E-state index is 13.2. The van der Waals surface area contributed by atoms with Crippen LogP contribution in [0.5, 0.6) is 0 Å². The monoisotopic (exact) mass is 512 g/mol. The van der Waals surface area contributed by atoms with Gasteiger partial charge in [0.25, 0.3) is 5.91 Å². The van der Waals surface area contributed by atoms with Crippen LogP contribution in [0.4, 0.5) is 0 Å². The molecule has 13 heteroatoms. The average molecular weight is 513 g/mol. The first-order chi connectivity index (χ1) is 17.3. The highest BCUT2D eigenvalue weighted by atomic mass is 16.5. The van der Waals surface area contributed by atoms with Crippen LogP contribution in [0.1, 0.15) is 49.5 Å². The molecule has 3 amide bonds. The molecular weight excluding hydrogens is 480 g/mol. The number of nitrogens with one attached hydrogen (secondary N) is 2. The number of hydrogen-bond acceptors (Lipinski definition) is 11. The van der Waals surface area contributed by atoms with Gasteiger partial charge < -0.3 is 37.2 Å². The molecule has 8 N–H and O–H groups in total. The van der Waals surface area contributed by atoms with E-state index in [0.717, 1.165) is 10.5 Å². The minimum Gasteiger partial charge on any atom is -0.370 e. The fourth-order valence-corrected chi connectivity index (χ4v) is 5.62. The van der Waals surface area contributed by atoms with E-state index >= 15 is 0 Å². The van der Waals surface area contributed by atoms with Gasteiger partial charge >= 0.3 is 0 Å². The Morgan fingerprint density at radius 2 is 1.86 bits per heavy atom. The quantitative estimate of drug-likeness (QED) is 0.193. The summed E-state index contributed by atoms with van der Waals surface area (Å²) >= 11 is 0. The maximum absolute atomic E-state index is 13.2. The predicted molar refractivity (Wildman–Crippen MR) is 133 cm³/mol. The Kier molecular flexibility index (Phi) is 5.50. The van der Waals surface area contributed by atoms with Crippen LogP contribution in [0.25, 0.3) is 0 Å². The number of nitrogens with zero attached hydrogens (tertiary/aromatic N) is 4. The predicted octanol–water partition coefficient (Wildman–Crippen LogP) is -2.09. The number of carbonyl (C=O) groups excluding carboxylic acids is 3. The molecule has 0 aliphatic carbocycles. The number of aliphatic hydroxyl groups is 2. The highest BCUT2D eigenvalue weighted by Gasteiger charge is 2.73. The summed E-state index contributed by atoms with van der Waals surface area (Å²) in [6.45, 7) is 5.85. The van der Waals surface area contributed by atoms with Crippen molar-refractivity contribution in [3.05, 3.63) is 35.4 Å². The molecule has 0 radical (unpaired) electrons. The molecule has 4 atom stereocenters. The minimum atomic E-state index is -2.61. The molecule has 4 heterocycles. The number of carbonyl (C=O) groups is 3. The summed E-state index contributed by atoms with van der Waals surface area (Å²) in [5, 5.41) is 28.7. The number of aliphatic imine (C=N–C) groups is 2. The molecule has 4 unspecified atom stereocenters. The SMILES string of the molecule is CC(C)(C)c1cccc(C(=O)NC2CN3C(N)=NC(CN4C(=O)CCC4=O)C4N=C(N)NC43C2(O)O)c1. The van der Waals surface area contributed by atoms with Crippen LogP contribution >= 0.6 is 0 Å². The normalized spacial score (nSPS) is 30.5. The van der Waals surface area contributed by atoms with E-state index in [9.17, 15) is 24.6 Å². The summed E-state index contributed by atoms with van der Waals surface area (Å²) in [6, 6.07) is 4.01. The molecule has 1 aromatic rings. The van der Waals surface area contributed by atoms with E-state index in [0.29, 0.717) is 5.56 Å². The number of likely N-dealkylation sites (tertiary alicyclic amines) is 1. The molecule has 37 heavy (non-hydrogen) atoms. The lowest BCUT2D eigenvalue weighted by Crippen LogP contribution is -2.78. The minimum absolute atomic E-state index is 0.0586. The zero-order chi connectivity index (χ0) is 26.9. The van der Waals surface area contributed by atoms with Crippen molar-refractivity contribution >= 4 is 29.6 Å². The number of imide groups is 1. The Labute approximate surface area is 213 Å². The zero-order valence-corrected chi connectivity index (χ0v) is 20.9. The molecule has 13 nitrogen and oxygen atoms in total. The smallest absolute Gasteiger partial charge is 0.251 e. The number of guanidine groups is 2. The first-order valence-electron chi connectivity index (χ1n) is 12.2. The molecule has 0 bridgehead atoms. The summed E-state index contributed by atoms with van der Waals surface area (Å²) in [5.74, 6) is -3.93. The number of hydrogen-bond donors (Lipinski definition) is 6. The molecular formula is C24H32N8O5. The zero-order valence-electron chi connectivity index (χ0n) is 20.9. The van der Waals surface area contributed by atoms with Gasteiger partial charge in [-0.05, 0) is 23.1 Å². The third-order valence-electron chi connectivity index (χ3n) is 7.62. The Bertz CT molecular complexity index is 1220. The number of rotatable bonds is 4. The Balaban J connectivity index is 1.45. The summed E-state index contributed by atoms with van der Waals surface area (Å²) < 4.78 is 0. The van der Waals surface area contributed by atoms with E-state index in [1.807, 2.05) is 26.8 Å². The molecule has 4 aliphatic rings. The molecule has 5 rings (SSSR count). The second-order valence-corrected chi connectivity index (χ2v) is 11.0. The van der Waals surface area contributed by atoms with Gasteiger partial charge in [0.15, 0.2) is 17.6 Å². The topological polar surface area (TPSA) is 199 Å². The lowest BCUT2D eigenvalue weighted by molar-refractivity contribution is -0.230. The van der Waals surface area contributed by atoms with Crippen molar-refractivity contribution in [2.75, 3.05) is 13.1 Å². The number of nitrogens with two attached hydrogens (primary N) is 2. The first-order valence-corrected chi connectivity index (χ1v) is 12.2. The maximum Gasteiger partial charge on any atom is 0.251 e. The second-order valence-electron chi connectivity index (χ2n) is 11.0. The molecule has 2 fully saturated rings. The summed E-state index contributed by atoms with van der Waals surface area (Å²) in [4.78, 5) is 49.0. The van der Waals surface area contributed by atoms with Crippen LogP contribution in [0.15, 0.2) is 34.3 Å². The number of benzene rings is 1. The van der Waals surface area contributed by atoms with E-state index in [1.165, 1.54) is 4.90 Å².